The summed E-state index contributed by atoms with van der Waals surface area (Å²) in [5.74, 6) is 0.238. The molecule has 0 aromatic rings. The van der Waals surface area contributed by atoms with E-state index < -0.39 is 13.0 Å². The highest BCUT2D eigenvalue weighted by molar-refractivity contribution is 5.81. The molecule has 0 aliphatic carbocycles. The lowest BCUT2D eigenvalue weighted by Crippen LogP contribution is -2.49. The first kappa shape index (κ1) is 12.4. The van der Waals surface area contributed by atoms with Gasteiger partial charge in [-0.25, -0.2) is 8.78 Å². The first-order chi connectivity index (χ1) is 7.13. The Labute approximate surface area is 88.6 Å². The molecule has 0 saturated carbocycles. The molecule has 1 amide bonds. The lowest BCUT2D eigenvalue weighted by molar-refractivity contribution is -0.124. The third kappa shape index (κ3) is 4.11. The molecule has 15 heavy (non-hydrogen) atoms. The van der Waals surface area contributed by atoms with Crippen molar-refractivity contribution in [3.8, 4) is 0 Å². The average molecular weight is 220 g/mol. The van der Waals surface area contributed by atoms with Crippen molar-refractivity contribution < 1.29 is 13.6 Å². The van der Waals surface area contributed by atoms with Crippen LogP contribution < -0.4 is 10.6 Å². The zero-order valence-corrected chi connectivity index (χ0v) is 8.93. The van der Waals surface area contributed by atoms with Crippen LogP contribution in [0.15, 0.2) is 0 Å². The van der Waals surface area contributed by atoms with Crippen LogP contribution in [0.4, 0.5) is 8.78 Å². The first-order valence-electron chi connectivity index (χ1n) is 5.42. The quantitative estimate of drug-likeness (QED) is 0.746. The summed E-state index contributed by atoms with van der Waals surface area (Å²) in [6, 6.07) is -0.289. The molecule has 0 aromatic carbocycles. The van der Waals surface area contributed by atoms with Gasteiger partial charge in [0.25, 0.3) is 6.43 Å². The molecule has 1 fully saturated rings. The van der Waals surface area contributed by atoms with Crippen LogP contribution in [0.2, 0.25) is 0 Å². The molecule has 1 rings (SSSR count). The van der Waals surface area contributed by atoms with E-state index in [1.54, 1.807) is 0 Å². The van der Waals surface area contributed by atoms with Crippen molar-refractivity contribution in [2.75, 3.05) is 13.1 Å². The number of hydrogen-bond acceptors (Lipinski definition) is 2. The van der Waals surface area contributed by atoms with Gasteiger partial charge in [0.2, 0.25) is 5.91 Å². The van der Waals surface area contributed by atoms with E-state index in [-0.39, 0.29) is 11.9 Å². The number of hydrogen-bond donors (Lipinski definition) is 2. The molecule has 1 saturated heterocycles. The molecule has 1 aliphatic rings. The summed E-state index contributed by atoms with van der Waals surface area (Å²) in [4.78, 5) is 11.5. The van der Waals surface area contributed by atoms with Crippen LogP contribution in [0.1, 0.15) is 26.2 Å². The molecule has 5 heteroatoms. The van der Waals surface area contributed by atoms with Crippen LogP contribution >= 0.6 is 0 Å². The molecular formula is C10H18F2N2O. The van der Waals surface area contributed by atoms with Crippen molar-refractivity contribution in [1.82, 2.24) is 10.6 Å². The molecule has 2 unspecified atom stereocenters. The van der Waals surface area contributed by atoms with Gasteiger partial charge in [-0.1, -0.05) is 13.3 Å². The fraction of sp³-hybridized carbons (Fsp3) is 0.900. The summed E-state index contributed by atoms with van der Waals surface area (Å²) in [7, 11) is 0. The van der Waals surface area contributed by atoms with E-state index in [1.807, 2.05) is 0 Å². The number of piperidine rings is 1. The second-order valence-electron chi connectivity index (χ2n) is 3.94. The molecule has 0 aromatic heterocycles. The topological polar surface area (TPSA) is 41.1 Å². The van der Waals surface area contributed by atoms with E-state index in [9.17, 15) is 13.6 Å². The fourth-order valence-electron chi connectivity index (χ4n) is 1.87. The lowest BCUT2D eigenvalue weighted by atomic mass is 9.90. The molecule has 3 nitrogen and oxygen atoms in total. The highest BCUT2D eigenvalue weighted by Crippen LogP contribution is 2.19. The number of carbonyl (C=O) groups excluding carboxylic acids is 1. The monoisotopic (exact) mass is 220 g/mol. The number of rotatable bonds is 4. The van der Waals surface area contributed by atoms with Crippen LogP contribution in [-0.2, 0) is 4.79 Å². The van der Waals surface area contributed by atoms with Gasteiger partial charge in [-0.2, -0.15) is 0 Å². The van der Waals surface area contributed by atoms with Gasteiger partial charge in [-0.05, 0) is 25.3 Å². The average Bonchev–Trinajstić information content (AvgIpc) is 2.26. The summed E-state index contributed by atoms with van der Waals surface area (Å²) >= 11 is 0. The number of carbonyl (C=O) groups is 1. The van der Waals surface area contributed by atoms with Gasteiger partial charge in [-0.15, -0.1) is 0 Å². The van der Waals surface area contributed by atoms with E-state index in [2.05, 4.69) is 17.6 Å². The first-order valence-corrected chi connectivity index (χ1v) is 5.42. The number of nitrogens with one attached hydrogen (secondary N) is 2. The van der Waals surface area contributed by atoms with Crippen molar-refractivity contribution in [2.24, 2.45) is 5.92 Å². The summed E-state index contributed by atoms with van der Waals surface area (Å²) in [5.41, 5.74) is 0. The second kappa shape index (κ2) is 6.00. The zero-order chi connectivity index (χ0) is 11.3. The van der Waals surface area contributed by atoms with Crippen molar-refractivity contribution >= 4 is 5.91 Å². The Kier molecular flexibility index (Phi) is 4.94. The van der Waals surface area contributed by atoms with Crippen molar-refractivity contribution in [3.05, 3.63) is 0 Å². The number of alkyl halides is 2. The van der Waals surface area contributed by atoms with Gasteiger partial charge in [0, 0.05) is 0 Å². The van der Waals surface area contributed by atoms with E-state index >= 15 is 0 Å². The molecule has 2 N–H and O–H groups in total. The maximum absolute atomic E-state index is 11.9. The summed E-state index contributed by atoms with van der Waals surface area (Å²) in [6.07, 6.45) is 0.389. The van der Waals surface area contributed by atoms with E-state index in [4.69, 9.17) is 0 Å². The SMILES string of the molecule is CCC1CCNC(C(=O)NCC(F)F)C1. The summed E-state index contributed by atoms with van der Waals surface area (Å²) in [5, 5.41) is 5.29. The maximum atomic E-state index is 11.9. The highest BCUT2D eigenvalue weighted by atomic mass is 19.3. The summed E-state index contributed by atoms with van der Waals surface area (Å²) in [6.45, 7) is 2.34. The molecule has 1 aliphatic heterocycles. The molecule has 0 radical (unpaired) electrons. The van der Waals surface area contributed by atoms with Gasteiger partial charge in [0.05, 0.1) is 12.6 Å². The Balaban J connectivity index is 2.32. The van der Waals surface area contributed by atoms with Crippen molar-refractivity contribution in [2.45, 2.75) is 38.7 Å². The smallest absolute Gasteiger partial charge is 0.255 e. The van der Waals surface area contributed by atoms with Crippen molar-refractivity contribution in [3.63, 3.8) is 0 Å². The second-order valence-corrected chi connectivity index (χ2v) is 3.94. The van der Waals surface area contributed by atoms with Crippen LogP contribution in [-0.4, -0.2) is 31.5 Å². The standard InChI is InChI=1S/C10H18F2N2O/c1-2-7-3-4-13-8(5-7)10(15)14-6-9(11)12/h7-9,13H,2-6H2,1H3,(H,14,15). The summed E-state index contributed by atoms with van der Waals surface area (Å²) < 4.78 is 23.7. The van der Waals surface area contributed by atoms with Gasteiger partial charge < -0.3 is 10.6 Å². The van der Waals surface area contributed by atoms with Gasteiger partial charge in [0.15, 0.2) is 0 Å². The Morgan fingerprint density at radius 1 is 1.60 bits per heavy atom. The molecule has 0 spiro atoms. The Morgan fingerprint density at radius 3 is 2.93 bits per heavy atom. The normalized spacial score (nSPS) is 26.7. The highest BCUT2D eigenvalue weighted by Gasteiger charge is 2.25. The minimum Gasteiger partial charge on any atom is -0.349 e. The molecule has 88 valence electrons. The molecular weight excluding hydrogens is 202 g/mol. The minimum atomic E-state index is -2.47. The van der Waals surface area contributed by atoms with E-state index in [0.717, 1.165) is 25.8 Å². The maximum Gasteiger partial charge on any atom is 0.255 e. The third-order valence-electron chi connectivity index (χ3n) is 2.84. The van der Waals surface area contributed by atoms with Crippen LogP contribution in [0.5, 0.6) is 0 Å². The Morgan fingerprint density at radius 2 is 2.33 bits per heavy atom. The van der Waals surface area contributed by atoms with Crippen molar-refractivity contribution in [1.29, 1.82) is 0 Å². The largest absolute Gasteiger partial charge is 0.349 e. The fourth-order valence-corrected chi connectivity index (χ4v) is 1.87. The van der Waals surface area contributed by atoms with Crippen LogP contribution in [0.3, 0.4) is 0 Å². The molecule has 1 heterocycles. The van der Waals surface area contributed by atoms with Crippen LogP contribution in [0, 0.1) is 5.92 Å². The van der Waals surface area contributed by atoms with Crippen LogP contribution in [0.25, 0.3) is 0 Å². The van der Waals surface area contributed by atoms with Gasteiger partial charge in [-0.3, -0.25) is 4.79 Å². The van der Waals surface area contributed by atoms with Gasteiger partial charge in [0.1, 0.15) is 0 Å². The molecule has 0 bridgehead atoms. The van der Waals surface area contributed by atoms with Gasteiger partial charge >= 0.3 is 0 Å². The van der Waals surface area contributed by atoms with E-state index in [0.29, 0.717) is 5.92 Å². The third-order valence-corrected chi connectivity index (χ3v) is 2.84. The Bertz CT molecular complexity index is 212. The predicted octanol–water partition coefficient (Wildman–Crippen LogP) is 1.15. The predicted molar refractivity (Wildman–Crippen MR) is 53.8 cm³/mol. The minimum absolute atomic E-state index is 0.289. The Hall–Kier alpha value is -0.710. The molecule has 2 atom stereocenters. The number of halogens is 2. The number of amides is 1. The van der Waals surface area contributed by atoms with E-state index in [1.165, 1.54) is 0 Å². The lowest BCUT2D eigenvalue weighted by Gasteiger charge is -2.28. The zero-order valence-electron chi connectivity index (χ0n) is 8.93.